The van der Waals surface area contributed by atoms with Gasteiger partial charge in [0.25, 0.3) is 5.91 Å². The second-order valence-electron chi connectivity index (χ2n) is 6.60. The third-order valence-electron chi connectivity index (χ3n) is 5.38. The standard InChI is InChI=1S/C20H22N2O2/c1-24-20(14-8-4-2-5-9-14,15-10-6-3-7-11-15)19(23)22-18-16-12-21-13-17(16)18/h2-11,16-18,21H,12-13H2,1H3,(H,22,23). The average molecular weight is 322 g/mol. The van der Waals surface area contributed by atoms with Crippen molar-refractivity contribution < 1.29 is 9.53 Å². The van der Waals surface area contributed by atoms with Crippen LogP contribution in [0.5, 0.6) is 0 Å². The molecule has 2 aromatic rings. The van der Waals surface area contributed by atoms with Gasteiger partial charge in [0.2, 0.25) is 0 Å². The van der Waals surface area contributed by atoms with Gasteiger partial charge in [-0.15, -0.1) is 0 Å². The van der Waals surface area contributed by atoms with E-state index in [1.807, 2.05) is 60.7 Å². The summed E-state index contributed by atoms with van der Waals surface area (Å²) in [4.78, 5) is 13.3. The first kappa shape index (κ1) is 15.4. The highest BCUT2D eigenvalue weighted by atomic mass is 16.5. The number of carbonyl (C=O) groups excluding carboxylic acids is 1. The average Bonchev–Trinajstić information content (AvgIpc) is 3.06. The van der Waals surface area contributed by atoms with Gasteiger partial charge in [0, 0.05) is 26.2 Å². The van der Waals surface area contributed by atoms with E-state index in [1.54, 1.807) is 7.11 Å². The van der Waals surface area contributed by atoms with Crippen LogP contribution in [0.25, 0.3) is 0 Å². The van der Waals surface area contributed by atoms with E-state index in [0.29, 0.717) is 11.8 Å². The molecular formula is C20H22N2O2. The number of hydrogen-bond donors (Lipinski definition) is 2. The van der Waals surface area contributed by atoms with Gasteiger partial charge in [0.15, 0.2) is 5.60 Å². The lowest BCUT2D eigenvalue weighted by Crippen LogP contribution is -2.49. The predicted octanol–water partition coefficient (Wildman–Crippen LogP) is 1.91. The summed E-state index contributed by atoms with van der Waals surface area (Å²) in [6.45, 7) is 1.98. The maximum Gasteiger partial charge on any atom is 0.261 e. The Morgan fingerprint density at radius 3 is 1.96 bits per heavy atom. The molecule has 2 aliphatic rings. The predicted molar refractivity (Wildman–Crippen MR) is 92.5 cm³/mol. The fourth-order valence-corrected chi connectivity index (χ4v) is 3.99. The highest BCUT2D eigenvalue weighted by Crippen LogP contribution is 2.43. The van der Waals surface area contributed by atoms with Crippen molar-refractivity contribution >= 4 is 5.91 Å². The van der Waals surface area contributed by atoms with E-state index in [2.05, 4.69) is 10.6 Å². The fraction of sp³-hybridized carbons (Fsp3) is 0.350. The third kappa shape index (κ3) is 2.34. The molecule has 2 unspecified atom stereocenters. The fourth-order valence-electron chi connectivity index (χ4n) is 3.99. The number of carbonyl (C=O) groups is 1. The molecule has 0 radical (unpaired) electrons. The van der Waals surface area contributed by atoms with E-state index >= 15 is 0 Å². The van der Waals surface area contributed by atoms with Gasteiger partial charge in [0.05, 0.1) is 0 Å². The van der Waals surface area contributed by atoms with Crippen molar-refractivity contribution in [1.29, 1.82) is 0 Å². The molecule has 24 heavy (non-hydrogen) atoms. The Bertz CT molecular complexity index is 667. The maximum absolute atomic E-state index is 13.3. The number of rotatable bonds is 5. The normalized spacial score (nSPS) is 25.1. The Labute approximate surface area is 142 Å². The summed E-state index contributed by atoms with van der Waals surface area (Å²) in [7, 11) is 1.61. The summed E-state index contributed by atoms with van der Waals surface area (Å²) < 4.78 is 5.89. The topological polar surface area (TPSA) is 50.4 Å². The molecule has 4 heteroatoms. The number of benzene rings is 2. The molecule has 2 aromatic carbocycles. The summed E-state index contributed by atoms with van der Waals surface area (Å²) in [5.41, 5.74) is 0.576. The molecule has 2 N–H and O–H groups in total. The van der Waals surface area contributed by atoms with Crippen molar-refractivity contribution in [2.75, 3.05) is 20.2 Å². The number of methoxy groups -OCH3 is 1. The monoisotopic (exact) mass is 322 g/mol. The quantitative estimate of drug-likeness (QED) is 0.884. The Morgan fingerprint density at radius 2 is 1.50 bits per heavy atom. The van der Waals surface area contributed by atoms with Crippen LogP contribution >= 0.6 is 0 Å². The Hall–Kier alpha value is -2.17. The van der Waals surface area contributed by atoms with Gasteiger partial charge < -0.3 is 15.4 Å². The molecule has 1 saturated carbocycles. The minimum Gasteiger partial charge on any atom is -0.359 e. The van der Waals surface area contributed by atoms with Gasteiger partial charge in [-0.1, -0.05) is 60.7 Å². The SMILES string of the molecule is COC(C(=O)NC1C2CNCC21)(c1ccccc1)c1ccccc1. The van der Waals surface area contributed by atoms with Crippen LogP contribution < -0.4 is 10.6 Å². The maximum atomic E-state index is 13.3. The zero-order valence-corrected chi connectivity index (χ0v) is 13.7. The van der Waals surface area contributed by atoms with E-state index in [4.69, 9.17) is 4.74 Å². The van der Waals surface area contributed by atoms with Crippen LogP contribution in [-0.2, 0) is 15.1 Å². The van der Waals surface area contributed by atoms with E-state index in [1.165, 1.54) is 0 Å². The van der Waals surface area contributed by atoms with Crippen LogP contribution in [0.1, 0.15) is 11.1 Å². The number of amides is 1. The lowest BCUT2D eigenvalue weighted by Gasteiger charge is -2.32. The summed E-state index contributed by atoms with van der Waals surface area (Å²) in [5.74, 6) is 1.05. The summed E-state index contributed by atoms with van der Waals surface area (Å²) in [6.07, 6.45) is 0. The van der Waals surface area contributed by atoms with Crippen molar-refractivity contribution in [3.63, 3.8) is 0 Å². The van der Waals surface area contributed by atoms with E-state index in [9.17, 15) is 4.79 Å². The van der Waals surface area contributed by atoms with Crippen molar-refractivity contribution in [2.45, 2.75) is 11.6 Å². The highest BCUT2D eigenvalue weighted by Gasteiger charge is 2.55. The number of fused-ring (bicyclic) bond motifs is 1. The van der Waals surface area contributed by atoms with Gasteiger partial charge in [0.1, 0.15) is 0 Å². The molecule has 1 heterocycles. The molecule has 1 amide bonds. The number of piperidine rings is 1. The molecule has 1 saturated heterocycles. The van der Waals surface area contributed by atoms with Crippen molar-refractivity contribution in [3.8, 4) is 0 Å². The van der Waals surface area contributed by atoms with Crippen LogP contribution in [0.15, 0.2) is 60.7 Å². The first-order chi connectivity index (χ1) is 11.8. The number of hydrogen-bond acceptors (Lipinski definition) is 3. The largest absolute Gasteiger partial charge is 0.359 e. The second-order valence-corrected chi connectivity index (χ2v) is 6.60. The van der Waals surface area contributed by atoms with E-state index < -0.39 is 5.60 Å². The molecule has 2 atom stereocenters. The van der Waals surface area contributed by atoms with E-state index in [-0.39, 0.29) is 11.9 Å². The number of nitrogens with one attached hydrogen (secondary N) is 2. The lowest BCUT2D eigenvalue weighted by atomic mass is 9.85. The first-order valence-corrected chi connectivity index (χ1v) is 8.45. The van der Waals surface area contributed by atoms with Crippen LogP contribution in [0.3, 0.4) is 0 Å². The Kier molecular flexibility index (Phi) is 3.87. The summed E-state index contributed by atoms with van der Waals surface area (Å²) in [5, 5.41) is 6.60. The molecular weight excluding hydrogens is 300 g/mol. The minimum absolute atomic E-state index is 0.0817. The van der Waals surface area contributed by atoms with Crippen LogP contribution in [0.4, 0.5) is 0 Å². The minimum atomic E-state index is -1.12. The molecule has 0 spiro atoms. The summed E-state index contributed by atoms with van der Waals surface area (Å²) >= 11 is 0. The van der Waals surface area contributed by atoms with Crippen molar-refractivity contribution in [2.24, 2.45) is 11.8 Å². The first-order valence-electron chi connectivity index (χ1n) is 8.45. The van der Waals surface area contributed by atoms with Crippen molar-refractivity contribution in [3.05, 3.63) is 71.8 Å². The van der Waals surface area contributed by atoms with Crippen LogP contribution in [0.2, 0.25) is 0 Å². The molecule has 4 nitrogen and oxygen atoms in total. The lowest BCUT2D eigenvalue weighted by molar-refractivity contribution is -0.140. The molecule has 0 bridgehead atoms. The van der Waals surface area contributed by atoms with Gasteiger partial charge in [-0.3, -0.25) is 4.79 Å². The Balaban J connectivity index is 1.71. The van der Waals surface area contributed by atoms with Crippen LogP contribution in [-0.4, -0.2) is 32.1 Å². The van der Waals surface area contributed by atoms with Crippen molar-refractivity contribution in [1.82, 2.24) is 10.6 Å². The third-order valence-corrected chi connectivity index (χ3v) is 5.38. The molecule has 2 fully saturated rings. The molecule has 4 rings (SSSR count). The highest BCUT2D eigenvalue weighted by molar-refractivity contribution is 5.91. The smallest absolute Gasteiger partial charge is 0.261 e. The van der Waals surface area contributed by atoms with Gasteiger partial charge in [-0.05, 0) is 23.0 Å². The zero-order chi connectivity index (χ0) is 16.6. The Morgan fingerprint density at radius 1 is 1.00 bits per heavy atom. The van der Waals surface area contributed by atoms with Gasteiger partial charge >= 0.3 is 0 Å². The second kappa shape index (κ2) is 6.04. The number of ether oxygens (including phenoxy) is 1. The summed E-state index contributed by atoms with van der Waals surface area (Å²) in [6, 6.07) is 19.7. The van der Waals surface area contributed by atoms with Gasteiger partial charge in [-0.25, -0.2) is 0 Å². The molecule has 1 aliphatic carbocycles. The molecule has 0 aromatic heterocycles. The van der Waals surface area contributed by atoms with Gasteiger partial charge in [-0.2, -0.15) is 0 Å². The molecule has 124 valence electrons. The molecule has 1 aliphatic heterocycles. The van der Waals surface area contributed by atoms with E-state index in [0.717, 1.165) is 24.2 Å². The van der Waals surface area contributed by atoms with Crippen LogP contribution in [0, 0.1) is 11.8 Å². The zero-order valence-electron chi connectivity index (χ0n) is 13.7.